The Morgan fingerprint density at radius 2 is 1.75 bits per heavy atom. The summed E-state index contributed by atoms with van der Waals surface area (Å²) >= 11 is 5.85. The smallest absolute Gasteiger partial charge is 0.241 e. The summed E-state index contributed by atoms with van der Waals surface area (Å²) in [5, 5.41) is 12.9. The molecule has 0 aliphatic carbocycles. The minimum atomic E-state index is -1.08. The number of amides is 1. The van der Waals surface area contributed by atoms with Crippen LogP contribution in [0.1, 0.15) is 46.2 Å². The van der Waals surface area contributed by atoms with Crippen molar-refractivity contribution in [2.24, 2.45) is 10.8 Å². The van der Waals surface area contributed by atoms with Gasteiger partial charge in [-0.3, -0.25) is 4.79 Å². The summed E-state index contributed by atoms with van der Waals surface area (Å²) in [4.78, 5) is 12.4. The molecular weight excluding hydrogens is 272 g/mol. The Hall–Kier alpha value is -1.53. The highest BCUT2D eigenvalue weighted by molar-refractivity contribution is 6.30. The number of nitrogens with one attached hydrogen (secondary N) is 1. The molecule has 0 saturated carbocycles. The van der Waals surface area contributed by atoms with Crippen LogP contribution < -0.4 is 5.32 Å². The highest BCUT2D eigenvalue weighted by Gasteiger charge is 2.45. The van der Waals surface area contributed by atoms with Crippen LogP contribution in [0.2, 0.25) is 5.02 Å². The maximum Gasteiger partial charge on any atom is 0.241 e. The SMILES string of the molecule is CC(NC(=O)C(C)(C#N)C(C)(C)C)c1ccc(Cl)cc1. The number of hydrogen-bond donors (Lipinski definition) is 1. The van der Waals surface area contributed by atoms with Crippen LogP contribution in [0.4, 0.5) is 0 Å². The standard InChI is InChI=1S/C16H21ClN2O/c1-11(12-6-8-13(17)9-7-12)19-14(20)16(5,10-18)15(2,3)4/h6-9,11H,1-5H3,(H,19,20). The van der Waals surface area contributed by atoms with Gasteiger partial charge in [-0.15, -0.1) is 0 Å². The zero-order valence-corrected chi connectivity index (χ0v) is 13.4. The lowest BCUT2D eigenvalue weighted by atomic mass is 9.68. The van der Waals surface area contributed by atoms with E-state index in [4.69, 9.17) is 11.6 Å². The molecule has 0 heterocycles. The van der Waals surface area contributed by atoms with E-state index in [1.807, 2.05) is 39.8 Å². The molecule has 1 aromatic rings. The number of nitrogens with zero attached hydrogens (tertiary/aromatic N) is 1. The molecule has 0 radical (unpaired) electrons. The van der Waals surface area contributed by atoms with E-state index in [0.29, 0.717) is 5.02 Å². The number of carbonyl (C=O) groups excluding carboxylic acids is 1. The molecule has 1 amide bonds. The Labute approximate surface area is 125 Å². The molecule has 2 unspecified atom stereocenters. The normalized spacial score (nSPS) is 15.8. The van der Waals surface area contributed by atoms with E-state index < -0.39 is 10.8 Å². The molecule has 1 N–H and O–H groups in total. The predicted molar refractivity (Wildman–Crippen MR) is 81.2 cm³/mol. The van der Waals surface area contributed by atoms with Crippen LogP contribution in [0.5, 0.6) is 0 Å². The fraction of sp³-hybridized carbons (Fsp3) is 0.500. The van der Waals surface area contributed by atoms with Gasteiger partial charge in [-0.2, -0.15) is 5.26 Å². The maximum atomic E-state index is 12.4. The third kappa shape index (κ3) is 3.32. The molecule has 0 bridgehead atoms. The molecule has 0 spiro atoms. The van der Waals surface area contributed by atoms with E-state index >= 15 is 0 Å². The number of hydrogen-bond acceptors (Lipinski definition) is 2. The summed E-state index contributed by atoms with van der Waals surface area (Å²) in [6.45, 7) is 9.24. The summed E-state index contributed by atoms with van der Waals surface area (Å²) < 4.78 is 0. The van der Waals surface area contributed by atoms with Crippen LogP contribution in [0.15, 0.2) is 24.3 Å². The first kappa shape index (κ1) is 16.5. The average molecular weight is 293 g/mol. The molecule has 20 heavy (non-hydrogen) atoms. The molecule has 108 valence electrons. The predicted octanol–water partition coefficient (Wildman–Crippen LogP) is 4.09. The molecular formula is C16H21ClN2O. The summed E-state index contributed by atoms with van der Waals surface area (Å²) in [7, 11) is 0. The summed E-state index contributed by atoms with van der Waals surface area (Å²) in [6.07, 6.45) is 0. The quantitative estimate of drug-likeness (QED) is 0.912. The van der Waals surface area contributed by atoms with Crippen molar-refractivity contribution in [3.63, 3.8) is 0 Å². The van der Waals surface area contributed by atoms with Crippen LogP contribution >= 0.6 is 11.6 Å². The first-order valence-corrected chi connectivity index (χ1v) is 6.97. The Balaban J connectivity index is 2.90. The molecule has 0 saturated heterocycles. The van der Waals surface area contributed by atoms with Gasteiger partial charge >= 0.3 is 0 Å². The van der Waals surface area contributed by atoms with Crippen molar-refractivity contribution in [2.45, 2.75) is 40.7 Å². The van der Waals surface area contributed by atoms with Crippen molar-refractivity contribution in [2.75, 3.05) is 0 Å². The molecule has 0 aliphatic heterocycles. The maximum absolute atomic E-state index is 12.4. The number of halogens is 1. The van der Waals surface area contributed by atoms with Gasteiger partial charge < -0.3 is 5.32 Å². The van der Waals surface area contributed by atoms with Crippen LogP contribution in [0, 0.1) is 22.2 Å². The van der Waals surface area contributed by atoms with Gasteiger partial charge in [-0.1, -0.05) is 44.5 Å². The molecule has 1 rings (SSSR count). The average Bonchev–Trinajstić information content (AvgIpc) is 2.36. The Morgan fingerprint density at radius 3 is 2.15 bits per heavy atom. The lowest BCUT2D eigenvalue weighted by molar-refractivity contribution is -0.132. The van der Waals surface area contributed by atoms with Crippen molar-refractivity contribution in [1.29, 1.82) is 5.26 Å². The number of benzene rings is 1. The van der Waals surface area contributed by atoms with Crippen LogP contribution in [-0.4, -0.2) is 5.91 Å². The fourth-order valence-corrected chi connectivity index (χ4v) is 1.86. The minimum absolute atomic E-state index is 0.171. The zero-order valence-electron chi connectivity index (χ0n) is 12.6. The van der Waals surface area contributed by atoms with E-state index in [1.165, 1.54) is 0 Å². The number of nitriles is 1. The summed E-state index contributed by atoms with van der Waals surface area (Å²) in [6, 6.07) is 9.29. The third-order valence-electron chi connectivity index (χ3n) is 3.90. The second kappa shape index (κ2) is 5.85. The van der Waals surface area contributed by atoms with E-state index in [9.17, 15) is 10.1 Å². The Kier molecular flexibility index (Phi) is 4.83. The van der Waals surface area contributed by atoms with Gasteiger partial charge in [0.2, 0.25) is 5.91 Å². The largest absolute Gasteiger partial charge is 0.348 e. The summed E-state index contributed by atoms with van der Waals surface area (Å²) in [5.74, 6) is -0.255. The van der Waals surface area contributed by atoms with Crippen LogP contribution in [0.25, 0.3) is 0 Å². The van der Waals surface area contributed by atoms with E-state index in [2.05, 4.69) is 11.4 Å². The van der Waals surface area contributed by atoms with Crippen molar-refractivity contribution < 1.29 is 4.79 Å². The highest BCUT2D eigenvalue weighted by atomic mass is 35.5. The zero-order chi connectivity index (χ0) is 15.6. The third-order valence-corrected chi connectivity index (χ3v) is 4.15. The van der Waals surface area contributed by atoms with Gasteiger partial charge in [0, 0.05) is 5.02 Å². The first-order valence-electron chi connectivity index (χ1n) is 6.59. The molecule has 0 aliphatic rings. The van der Waals surface area contributed by atoms with Crippen LogP contribution in [-0.2, 0) is 4.79 Å². The van der Waals surface area contributed by atoms with Crippen molar-refractivity contribution in [1.82, 2.24) is 5.32 Å². The van der Waals surface area contributed by atoms with Crippen LogP contribution in [0.3, 0.4) is 0 Å². The second-order valence-electron chi connectivity index (χ2n) is 6.23. The van der Waals surface area contributed by atoms with E-state index in [1.54, 1.807) is 19.1 Å². The van der Waals surface area contributed by atoms with Gasteiger partial charge in [0.25, 0.3) is 0 Å². The molecule has 2 atom stereocenters. The fourth-order valence-electron chi connectivity index (χ4n) is 1.73. The Morgan fingerprint density at radius 1 is 1.25 bits per heavy atom. The van der Waals surface area contributed by atoms with Crippen molar-refractivity contribution in [3.05, 3.63) is 34.9 Å². The van der Waals surface area contributed by atoms with Crippen molar-refractivity contribution in [3.8, 4) is 6.07 Å². The molecule has 0 fully saturated rings. The lowest BCUT2D eigenvalue weighted by Gasteiger charge is -2.35. The van der Waals surface area contributed by atoms with Crippen molar-refractivity contribution >= 4 is 17.5 Å². The molecule has 4 heteroatoms. The van der Waals surface area contributed by atoms with Gasteiger partial charge in [0.15, 0.2) is 0 Å². The topological polar surface area (TPSA) is 52.9 Å². The lowest BCUT2D eigenvalue weighted by Crippen LogP contribution is -2.46. The van der Waals surface area contributed by atoms with E-state index in [0.717, 1.165) is 5.56 Å². The number of carbonyl (C=O) groups is 1. The molecule has 0 aromatic heterocycles. The van der Waals surface area contributed by atoms with Gasteiger partial charge in [-0.05, 0) is 37.0 Å². The van der Waals surface area contributed by atoms with Gasteiger partial charge in [0.05, 0.1) is 12.1 Å². The monoisotopic (exact) mass is 292 g/mol. The second-order valence-corrected chi connectivity index (χ2v) is 6.67. The molecule has 1 aromatic carbocycles. The molecule has 3 nitrogen and oxygen atoms in total. The Bertz CT molecular complexity index is 525. The van der Waals surface area contributed by atoms with Gasteiger partial charge in [0.1, 0.15) is 5.41 Å². The van der Waals surface area contributed by atoms with E-state index in [-0.39, 0.29) is 11.9 Å². The number of rotatable bonds is 3. The first-order chi connectivity index (χ1) is 9.11. The minimum Gasteiger partial charge on any atom is -0.348 e. The summed E-state index contributed by atoms with van der Waals surface area (Å²) in [5.41, 5.74) is -0.559. The van der Waals surface area contributed by atoms with Gasteiger partial charge in [-0.25, -0.2) is 0 Å². The highest BCUT2D eigenvalue weighted by Crippen LogP contribution is 2.38.